The van der Waals surface area contributed by atoms with E-state index in [4.69, 9.17) is 15.2 Å². The second-order valence-electron chi connectivity index (χ2n) is 2.89. The summed E-state index contributed by atoms with van der Waals surface area (Å²) in [5.74, 6) is 0.293. The number of hydrogen-bond donors (Lipinski definition) is 1. The molecule has 0 spiro atoms. The molecule has 0 atom stereocenters. The Morgan fingerprint density at radius 3 is 2.93 bits per heavy atom. The molecule has 1 rings (SSSR count). The highest BCUT2D eigenvalue weighted by molar-refractivity contribution is 5.89. The van der Waals surface area contributed by atoms with Crippen LogP contribution in [-0.2, 0) is 4.74 Å². The summed E-state index contributed by atoms with van der Waals surface area (Å²) in [5.41, 5.74) is 5.80. The predicted molar refractivity (Wildman–Crippen MR) is 56.9 cm³/mol. The second kappa shape index (κ2) is 6.03. The Bertz CT molecular complexity index is 325. The van der Waals surface area contributed by atoms with E-state index in [1.807, 2.05) is 0 Å². The molecule has 0 saturated carbocycles. The summed E-state index contributed by atoms with van der Waals surface area (Å²) < 4.78 is 10.2. The number of esters is 1. The molecule has 0 aromatic heterocycles. The van der Waals surface area contributed by atoms with E-state index in [1.165, 1.54) is 0 Å². The Labute approximate surface area is 89.0 Å². The van der Waals surface area contributed by atoms with Crippen molar-refractivity contribution < 1.29 is 14.3 Å². The second-order valence-corrected chi connectivity index (χ2v) is 2.89. The fraction of sp³-hybridized carbons (Fsp3) is 0.364. The fourth-order valence-electron chi connectivity index (χ4n) is 1.10. The number of ether oxygens (including phenoxy) is 2. The van der Waals surface area contributed by atoms with Gasteiger partial charge in [-0.2, -0.15) is 0 Å². The molecule has 0 amide bonds. The Morgan fingerprint density at radius 1 is 1.47 bits per heavy atom. The van der Waals surface area contributed by atoms with E-state index in [0.717, 1.165) is 0 Å². The molecular weight excluding hydrogens is 194 g/mol. The minimum Gasteiger partial charge on any atom is -0.492 e. The molecule has 4 nitrogen and oxygen atoms in total. The van der Waals surface area contributed by atoms with Crippen molar-refractivity contribution in [3.63, 3.8) is 0 Å². The summed E-state index contributed by atoms with van der Waals surface area (Å²) in [6, 6.07) is 6.86. The molecule has 1 aromatic rings. The SMILES string of the molecule is CCOC(=O)c1cccc(OCCN)c1. The van der Waals surface area contributed by atoms with Crippen LogP contribution in [0.2, 0.25) is 0 Å². The minimum absolute atomic E-state index is 0.337. The van der Waals surface area contributed by atoms with Crippen molar-refractivity contribution in [3.05, 3.63) is 29.8 Å². The molecule has 0 aliphatic rings. The van der Waals surface area contributed by atoms with Crippen LogP contribution >= 0.6 is 0 Å². The van der Waals surface area contributed by atoms with E-state index in [2.05, 4.69) is 0 Å². The van der Waals surface area contributed by atoms with E-state index in [-0.39, 0.29) is 5.97 Å². The molecule has 0 bridgehead atoms. The fourth-order valence-corrected chi connectivity index (χ4v) is 1.10. The molecule has 0 unspecified atom stereocenters. The van der Waals surface area contributed by atoms with E-state index >= 15 is 0 Å². The van der Waals surface area contributed by atoms with Crippen LogP contribution in [0.15, 0.2) is 24.3 Å². The number of hydrogen-bond acceptors (Lipinski definition) is 4. The van der Waals surface area contributed by atoms with Gasteiger partial charge in [0.15, 0.2) is 0 Å². The van der Waals surface area contributed by atoms with Crippen LogP contribution in [-0.4, -0.2) is 25.7 Å². The van der Waals surface area contributed by atoms with Gasteiger partial charge in [-0.15, -0.1) is 0 Å². The van der Waals surface area contributed by atoms with E-state index in [0.29, 0.717) is 31.1 Å². The number of nitrogens with two attached hydrogens (primary N) is 1. The number of rotatable bonds is 5. The van der Waals surface area contributed by atoms with Gasteiger partial charge in [-0.3, -0.25) is 0 Å². The molecule has 0 heterocycles. The highest BCUT2D eigenvalue weighted by atomic mass is 16.5. The summed E-state index contributed by atoms with van der Waals surface area (Å²) in [6.45, 7) is 3.02. The molecule has 0 fully saturated rings. The lowest BCUT2D eigenvalue weighted by atomic mass is 10.2. The van der Waals surface area contributed by atoms with Crippen LogP contribution < -0.4 is 10.5 Å². The minimum atomic E-state index is -0.337. The van der Waals surface area contributed by atoms with Crippen LogP contribution in [0, 0.1) is 0 Å². The average molecular weight is 209 g/mol. The zero-order valence-corrected chi connectivity index (χ0v) is 8.73. The quantitative estimate of drug-likeness (QED) is 0.740. The molecule has 0 radical (unpaired) electrons. The summed E-state index contributed by atoms with van der Waals surface area (Å²) >= 11 is 0. The Balaban J connectivity index is 2.69. The van der Waals surface area contributed by atoms with Crippen LogP contribution in [0.3, 0.4) is 0 Å². The topological polar surface area (TPSA) is 61.5 Å². The van der Waals surface area contributed by atoms with Crippen molar-refractivity contribution in [2.45, 2.75) is 6.92 Å². The molecule has 82 valence electrons. The third kappa shape index (κ3) is 3.59. The lowest BCUT2D eigenvalue weighted by molar-refractivity contribution is 0.0526. The first-order valence-electron chi connectivity index (χ1n) is 4.88. The van der Waals surface area contributed by atoms with Crippen molar-refractivity contribution >= 4 is 5.97 Å². The monoisotopic (exact) mass is 209 g/mol. The van der Waals surface area contributed by atoms with Crippen LogP contribution in [0.5, 0.6) is 5.75 Å². The first-order chi connectivity index (χ1) is 7.27. The maximum absolute atomic E-state index is 11.4. The summed E-state index contributed by atoms with van der Waals surface area (Å²) in [5, 5.41) is 0. The first kappa shape index (κ1) is 11.5. The first-order valence-corrected chi connectivity index (χ1v) is 4.88. The average Bonchev–Trinajstić information content (AvgIpc) is 2.27. The Kier molecular flexibility index (Phi) is 4.63. The standard InChI is InChI=1S/C11H15NO3/c1-2-14-11(13)9-4-3-5-10(8-9)15-7-6-12/h3-5,8H,2,6-7,12H2,1H3. The van der Waals surface area contributed by atoms with Crippen LogP contribution in [0.25, 0.3) is 0 Å². The van der Waals surface area contributed by atoms with Crippen LogP contribution in [0.1, 0.15) is 17.3 Å². The van der Waals surface area contributed by atoms with Gasteiger partial charge in [-0.05, 0) is 25.1 Å². The third-order valence-electron chi connectivity index (χ3n) is 1.73. The highest BCUT2D eigenvalue weighted by Crippen LogP contribution is 2.13. The summed E-state index contributed by atoms with van der Waals surface area (Å²) in [4.78, 5) is 11.4. The van der Waals surface area contributed by atoms with Crippen molar-refractivity contribution in [1.29, 1.82) is 0 Å². The van der Waals surface area contributed by atoms with Gasteiger partial charge in [-0.25, -0.2) is 4.79 Å². The Morgan fingerprint density at radius 2 is 2.27 bits per heavy atom. The van der Waals surface area contributed by atoms with E-state index in [1.54, 1.807) is 31.2 Å². The van der Waals surface area contributed by atoms with E-state index in [9.17, 15) is 4.79 Å². The summed E-state index contributed by atoms with van der Waals surface area (Å²) in [6.07, 6.45) is 0. The van der Waals surface area contributed by atoms with Crippen LogP contribution in [0.4, 0.5) is 0 Å². The third-order valence-corrected chi connectivity index (χ3v) is 1.73. The maximum atomic E-state index is 11.4. The van der Waals surface area contributed by atoms with Gasteiger partial charge in [-0.1, -0.05) is 6.07 Å². The molecule has 15 heavy (non-hydrogen) atoms. The van der Waals surface area contributed by atoms with Gasteiger partial charge in [0, 0.05) is 6.54 Å². The zero-order chi connectivity index (χ0) is 11.1. The smallest absolute Gasteiger partial charge is 0.338 e. The molecule has 1 aromatic carbocycles. The number of carbonyl (C=O) groups excluding carboxylic acids is 1. The van der Waals surface area contributed by atoms with Gasteiger partial charge in [0.05, 0.1) is 12.2 Å². The highest BCUT2D eigenvalue weighted by Gasteiger charge is 2.06. The largest absolute Gasteiger partial charge is 0.492 e. The predicted octanol–water partition coefficient (Wildman–Crippen LogP) is 1.20. The lowest BCUT2D eigenvalue weighted by Crippen LogP contribution is -2.11. The normalized spacial score (nSPS) is 9.73. The van der Waals surface area contributed by atoms with Gasteiger partial charge >= 0.3 is 5.97 Å². The molecule has 4 heteroatoms. The van der Waals surface area contributed by atoms with Crippen molar-refractivity contribution in [2.24, 2.45) is 5.73 Å². The van der Waals surface area contributed by atoms with Gasteiger partial charge in [0.25, 0.3) is 0 Å². The molecule has 0 aliphatic heterocycles. The van der Waals surface area contributed by atoms with E-state index < -0.39 is 0 Å². The summed E-state index contributed by atoms with van der Waals surface area (Å²) in [7, 11) is 0. The van der Waals surface area contributed by atoms with Gasteiger partial charge < -0.3 is 15.2 Å². The molecule has 2 N–H and O–H groups in total. The zero-order valence-electron chi connectivity index (χ0n) is 8.73. The molecule has 0 saturated heterocycles. The van der Waals surface area contributed by atoms with Gasteiger partial charge in [0.2, 0.25) is 0 Å². The number of carbonyl (C=O) groups is 1. The van der Waals surface area contributed by atoms with Gasteiger partial charge in [0.1, 0.15) is 12.4 Å². The Hall–Kier alpha value is -1.55. The molecular formula is C11H15NO3. The van der Waals surface area contributed by atoms with Crippen molar-refractivity contribution in [1.82, 2.24) is 0 Å². The van der Waals surface area contributed by atoms with Crippen molar-refractivity contribution in [3.8, 4) is 5.75 Å². The maximum Gasteiger partial charge on any atom is 0.338 e. The lowest BCUT2D eigenvalue weighted by Gasteiger charge is -2.06. The number of benzene rings is 1. The molecule has 0 aliphatic carbocycles. The van der Waals surface area contributed by atoms with Crippen molar-refractivity contribution in [2.75, 3.05) is 19.8 Å².